The lowest BCUT2D eigenvalue weighted by Gasteiger charge is -2.23. The van der Waals surface area contributed by atoms with Crippen molar-refractivity contribution in [1.29, 1.82) is 0 Å². The summed E-state index contributed by atoms with van der Waals surface area (Å²) in [6.45, 7) is 13.1. The smallest absolute Gasteiger partial charge is 0.307 e. The first-order valence-electron chi connectivity index (χ1n) is 19.0. The molecule has 0 aliphatic rings. The molecule has 0 atom stereocenters. The Morgan fingerprint density at radius 2 is 0.893 bits per heavy atom. The van der Waals surface area contributed by atoms with Crippen molar-refractivity contribution in [2.45, 2.75) is 58.5 Å². The van der Waals surface area contributed by atoms with Gasteiger partial charge in [-0.3, -0.25) is 0 Å². The van der Waals surface area contributed by atoms with E-state index in [4.69, 9.17) is 4.98 Å². The highest BCUT2D eigenvalue weighted by Crippen LogP contribution is 2.45. The number of aromatic nitrogens is 3. The normalized spacial score (nSPS) is 12.7. The fourth-order valence-electron chi connectivity index (χ4n) is 8.13. The second kappa shape index (κ2) is 12.7. The van der Waals surface area contributed by atoms with E-state index >= 15 is 13.2 Å². The van der Waals surface area contributed by atoms with Gasteiger partial charge < -0.3 is 9.13 Å². The van der Waals surface area contributed by atoms with Gasteiger partial charge in [-0.1, -0.05) is 126 Å². The van der Waals surface area contributed by atoms with Crippen LogP contribution in [0.1, 0.15) is 58.2 Å². The van der Waals surface area contributed by atoms with E-state index in [9.17, 15) is 0 Å². The molecule has 56 heavy (non-hydrogen) atoms. The van der Waals surface area contributed by atoms with Crippen LogP contribution in [0.15, 0.2) is 146 Å². The fourth-order valence-corrected chi connectivity index (χ4v) is 8.13. The van der Waals surface area contributed by atoms with E-state index in [1.165, 1.54) is 11.6 Å². The highest BCUT2D eigenvalue weighted by molar-refractivity contribution is 6.12. The van der Waals surface area contributed by atoms with Gasteiger partial charge in [-0.15, -0.1) is 0 Å². The molecule has 0 saturated heterocycles. The van der Waals surface area contributed by atoms with Crippen LogP contribution in [0, 0.1) is 0 Å². The van der Waals surface area contributed by atoms with Gasteiger partial charge in [0.05, 0.1) is 50.4 Å². The standard InChI is InChI=1S/C50H42F3N3/c1-48(2,3)32-23-25-44-36(27-32)34-17-10-12-21-42(34)55(44)46-29-38(41-20-14-19-40(54-41)31-15-8-7-9-16-31)39(50(51,52)53)30-47(46)56-43-22-13-11-18-35(43)37-28-33(49(4,5)6)24-26-45(37)56/h7-30H,1-6H3. The minimum absolute atomic E-state index is 0.0158. The number of benzene rings is 6. The summed E-state index contributed by atoms with van der Waals surface area (Å²) in [5, 5.41) is 4.04. The molecule has 3 nitrogen and oxygen atoms in total. The molecule has 3 heterocycles. The molecule has 9 aromatic rings. The van der Waals surface area contributed by atoms with Crippen molar-refractivity contribution >= 4 is 43.6 Å². The predicted molar refractivity (Wildman–Crippen MR) is 226 cm³/mol. The molecule has 9 rings (SSSR count). The first kappa shape index (κ1) is 35.6. The summed E-state index contributed by atoms with van der Waals surface area (Å²) in [5.74, 6) is 0. The summed E-state index contributed by atoms with van der Waals surface area (Å²) < 4.78 is 51.2. The Morgan fingerprint density at radius 3 is 1.41 bits per heavy atom. The zero-order chi connectivity index (χ0) is 39.1. The average molecular weight is 742 g/mol. The van der Waals surface area contributed by atoms with Crippen LogP contribution in [-0.4, -0.2) is 14.1 Å². The molecule has 278 valence electrons. The molecular weight excluding hydrogens is 700 g/mol. The van der Waals surface area contributed by atoms with E-state index in [1.807, 2.05) is 71.3 Å². The summed E-state index contributed by atoms with van der Waals surface area (Å²) in [6, 6.07) is 46.9. The van der Waals surface area contributed by atoms with Gasteiger partial charge in [-0.05, 0) is 82.6 Å². The van der Waals surface area contributed by atoms with E-state index in [1.54, 1.807) is 18.2 Å². The van der Waals surface area contributed by atoms with Crippen LogP contribution in [0.25, 0.3) is 77.5 Å². The molecule has 6 aromatic carbocycles. The number of hydrogen-bond donors (Lipinski definition) is 0. The van der Waals surface area contributed by atoms with Crippen LogP contribution < -0.4 is 0 Å². The second-order valence-corrected chi connectivity index (χ2v) is 16.8. The predicted octanol–water partition coefficient (Wildman–Crippen LogP) is 14.2. The van der Waals surface area contributed by atoms with Gasteiger partial charge in [-0.2, -0.15) is 13.2 Å². The second-order valence-electron chi connectivity index (χ2n) is 16.8. The summed E-state index contributed by atoms with van der Waals surface area (Å²) in [7, 11) is 0. The van der Waals surface area contributed by atoms with Gasteiger partial charge in [0.1, 0.15) is 0 Å². The Bertz CT molecular complexity index is 2970. The lowest BCUT2D eigenvalue weighted by Crippen LogP contribution is -2.13. The van der Waals surface area contributed by atoms with Crippen LogP contribution in [-0.2, 0) is 17.0 Å². The Labute approximate surface area is 324 Å². The zero-order valence-electron chi connectivity index (χ0n) is 32.3. The van der Waals surface area contributed by atoms with Gasteiger partial charge in [-0.25, -0.2) is 4.98 Å². The van der Waals surface area contributed by atoms with Gasteiger partial charge in [0, 0.05) is 32.7 Å². The molecule has 0 aliphatic heterocycles. The van der Waals surface area contributed by atoms with Crippen molar-refractivity contribution < 1.29 is 13.2 Å². The number of para-hydroxylation sites is 2. The molecular formula is C50H42F3N3. The molecule has 6 heteroatoms. The lowest BCUT2D eigenvalue weighted by molar-refractivity contribution is -0.137. The summed E-state index contributed by atoms with van der Waals surface area (Å²) in [6.07, 6.45) is -4.69. The van der Waals surface area contributed by atoms with Gasteiger partial charge in [0.2, 0.25) is 0 Å². The fraction of sp³-hybridized carbons (Fsp3) is 0.180. The number of fused-ring (bicyclic) bond motifs is 6. The minimum Gasteiger partial charge on any atom is -0.307 e. The van der Waals surface area contributed by atoms with Gasteiger partial charge in [0.15, 0.2) is 0 Å². The maximum absolute atomic E-state index is 15.7. The maximum atomic E-state index is 15.7. The first-order chi connectivity index (χ1) is 26.7. The molecule has 3 aromatic heterocycles. The van der Waals surface area contributed by atoms with Gasteiger partial charge >= 0.3 is 6.18 Å². The third kappa shape index (κ3) is 5.87. The summed E-state index contributed by atoms with van der Waals surface area (Å²) in [4.78, 5) is 4.88. The lowest BCUT2D eigenvalue weighted by atomic mass is 9.86. The Hall–Kier alpha value is -6.14. The minimum atomic E-state index is -4.69. The molecule has 0 saturated carbocycles. The quantitative estimate of drug-likeness (QED) is 0.176. The highest BCUT2D eigenvalue weighted by Gasteiger charge is 2.36. The molecule has 0 unspecified atom stereocenters. The Balaban J connectivity index is 1.45. The van der Waals surface area contributed by atoms with Crippen LogP contribution in [0.3, 0.4) is 0 Å². The summed E-state index contributed by atoms with van der Waals surface area (Å²) >= 11 is 0. The van der Waals surface area contributed by atoms with E-state index in [0.717, 1.165) is 54.7 Å². The largest absolute Gasteiger partial charge is 0.417 e. The van der Waals surface area contributed by atoms with Crippen molar-refractivity contribution in [3.05, 3.63) is 162 Å². The Kier molecular flexibility index (Phi) is 8.07. The zero-order valence-corrected chi connectivity index (χ0v) is 32.3. The molecule has 0 bridgehead atoms. The number of nitrogens with zero attached hydrogens (tertiary/aromatic N) is 3. The van der Waals surface area contributed by atoms with E-state index in [-0.39, 0.29) is 22.1 Å². The molecule has 0 spiro atoms. The average Bonchev–Trinajstić information content (AvgIpc) is 3.69. The SMILES string of the molecule is CC(C)(C)c1ccc2c(c1)c1ccccc1n2-c1cc(-c2cccc(-c3ccccc3)n2)c(C(F)(F)F)cc1-n1c2ccccc2c2cc(C(C)(C)C)ccc21. The molecule has 0 N–H and O–H groups in total. The van der Waals surface area contributed by atoms with E-state index < -0.39 is 11.7 Å². The maximum Gasteiger partial charge on any atom is 0.417 e. The third-order valence-corrected chi connectivity index (χ3v) is 11.1. The summed E-state index contributed by atoms with van der Waals surface area (Å²) in [5.41, 5.74) is 7.59. The van der Waals surface area contributed by atoms with Crippen molar-refractivity contribution in [3.63, 3.8) is 0 Å². The number of pyridine rings is 1. The number of halogens is 3. The van der Waals surface area contributed by atoms with Crippen molar-refractivity contribution in [2.75, 3.05) is 0 Å². The van der Waals surface area contributed by atoms with E-state index in [0.29, 0.717) is 17.1 Å². The molecule has 0 amide bonds. The van der Waals surface area contributed by atoms with Crippen molar-refractivity contribution in [3.8, 4) is 33.9 Å². The first-order valence-corrected chi connectivity index (χ1v) is 19.0. The van der Waals surface area contributed by atoms with Crippen LogP contribution in [0.4, 0.5) is 13.2 Å². The number of rotatable bonds is 4. The topological polar surface area (TPSA) is 22.8 Å². The molecule has 0 aliphatic carbocycles. The Morgan fingerprint density at radius 1 is 0.429 bits per heavy atom. The van der Waals surface area contributed by atoms with E-state index in [2.05, 4.69) is 101 Å². The van der Waals surface area contributed by atoms with Crippen molar-refractivity contribution in [2.24, 2.45) is 0 Å². The number of hydrogen-bond acceptors (Lipinski definition) is 1. The van der Waals surface area contributed by atoms with Crippen LogP contribution >= 0.6 is 0 Å². The van der Waals surface area contributed by atoms with Crippen LogP contribution in [0.5, 0.6) is 0 Å². The number of alkyl halides is 3. The monoisotopic (exact) mass is 741 g/mol. The van der Waals surface area contributed by atoms with Gasteiger partial charge in [0.25, 0.3) is 0 Å². The highest BCUT2D eigenvalue weighted by atomic mass is 19.4. The third-order valence-electron chi connectivity index (χ3n) is 11.1. The van der Waals surface area contributed by atoms with Crippen LogP contribution in [0.2, 0.25) is 0 Å². The van der Waals surface area contributed by atoms with Crippen molar-refractivity contribution in [1.82, 2.24) is 14.1 Å². The molecule has 0 radical (unpaired) electrons. The molecule has 0 fully saturated rings.